The first-order valence-electron chi connectivity index (χ1n) is 23.8. The Morgan fingerprint density at radius 3 is 0.841 bits per heavy atom. The van der Waals surface area contributed by atoms with Crippen LogP contribution in [0.5, 0.6) is 0 Å². The number of hydrogen-bond donors (Lipinski definition) is 5. The molecule has 8 rings (SSSR count). The Morgan fingerprint density at radius 1 is 0.307 bits per heavy atom. The predicted octanol–water partition coefficient (Wildman–Crippen LogP) is 9.76. The monoisotopic (exact) mass is 1320 g/mol. The molecule has 5 N–H and O–H groups in total. The van der Waals surface area contributed by atoms with Gasteiger partial charge in [0.25, 0.3) is 50.6 Å². The van der Waals surface area contributed by atoms with Gasteiger partial charge in [0, 0.05) is 17.2 Å². The van der Waals surface area contributed by atoms with Gasteiger partial charge in [-0.2, -0.15) is 83.0 Å². The van der Waals surface area contributed by atoms with E-state index in [4.69, 9.17) is 4.55 Å². The molecule has 0 aromatic heterocycles. The molecule has 0 unspecified atom stereocenters. The Labute approximate surface area is 522 Å². The van der Waals surface area contributed by atoms with E-state index >= 15 is 0 Å². The summed E-state index contributed by atoms with van der Waals surface area (Å²) in [6.45, 7) is 0. The molecule has 0 aliphatic heterocycles. The molecule has 0 heterocycles. The van der Waals surface area contributed by atoms with Crippen LogP contribution in [-0.2, 0) is 60.7 Å². The maximum Gasteiger partial charge on any atom is 1.00 e. The minimum atomic E-state index is -5.17. The van der Waals surface area contributed by atoms with E-state index in [0.717, 1.165) is 91.0 Å². The molecule has 0 atom stereocenters. The van der Waals surface area contributed by atoms with Crippen molar-refractivity contribution in [3.63, 3.8) is 0 Å². The van der Waals surface area contributed by atoms with Gasteiger partial charge in [-0.05, 0) is 162 Å². The fourth-order valence-electron chi connectivity index (χ4n) is 7.36. The molecule has 8 aromatic carbocycles. The minimum Gasteiger partial charge on any atom is -0.744 e. The van der Waals surface area contributed by atoms with Crippen LogP contribution in [0.1, 0.15) is 22.3 Å². The molecule has 0 radical (unpaired) electrons. The molecule has 8 aromatic rings. The van der Waals surface area contributed by atoms with E-state index in [9.17, 15) is 78.5 Å². The van der Waals surface area contributed by atoms with Crippen LogP contribution in [-0.4, -0.2) is 82.7 Å². The average molecular weight is 1320 g/mol. The fourth-order valence-corrected chi connectivity index (χ4v) is 11.1. The molecule has 36 heteroatoms. The van der Waals surface area contributed by atoms with Crippen molar-refractivity contribution in [1.82, 2.24) is 0 Å². The second kappa shape index (κ2) is 27.3. The molecule has 29 nitrogen and oxygen atoms in total. The van der Waals surface area contributed by atoms with Crippen molar-refractivity contribution in [2.24, 2.45) is 46.0 Å². The van der Waals surface area contributed by atoms with E-state index in [1.807, 2.05) is 0 Å². The number of rotatable bonds is 20. The van der Waals surface area contributed by atoms with Crippen LogP contribution in [0.3, 0.4) is 0 Å². The van der Waals surface area contributed by atoms with Crippen molar-refractivity contribution in [2.75, 3.05) is 0 Å². The van der Waals surface area contributed by atoms with E-state index in [-0.39, 0.29) is 95.7 Å². The van der Waals surface area contributed by atoms with E-state index in [0.29, 0.717) is 17.4 Å². The molecule has 0 bridgehead atoms. The van der Waals surface area contributed by atoms with Gasteiger partial charge in [0.05, 0.1) is 55.3 Å². The standard InChI is InChI=1S/C52H38N10O19S6.Na/c63-62(46-24-8-36(52(32-46)87(79,80)81)4-3-34-6-10-44(30-50(34)85(73,74)75)60-58-40-18-14-38(15-19-40)54-56-42-22-27-48(28-23-42)83(67,68)69)61-45-11-7-35(51(31-45)86(76,77)78)2-1-33-5-9-43(29-49(33)84(70,71)72)59-57-39-16-12-37(13-17-39)53-55-41-20-25-47(26-21-41)82(64,65)66;/h1-32H,(H,64,65,66)(H,67,68,69)(H,70,71,72)(H,73,74,75)(H,76,77,78)(H,79,80,81);/q;+1/p-1/b2-1+,4-3+,55-53?,56-54?,59-57?,60-58?,62-61?;. The first kappa shape index (κ1) is 67.0. The van der Waals surface area contributed by atoms with Crippen molar-refractivity contribution >= 4 is 142 Å². The third kappa shape index (κ3) is 18.3. The van der Waals surface area contributed by atoms with Gasteiger partial charge >= 0.3 is 29.6 Å². The topological polar surface area (TPSA) is 466 Å². The molecular formula is C52H37N10NaO19S6. The maximum atomic E-state index is 13.4. The van der Waals surface area contributed by atoms with Crippen LogP contribution < -0.4 is 29.6 Å². The second-order valence-corrected chi connectivity index (χ2v) is 25.9. The smallest absolute Gasteiger partial charge is 0.744 e. The molecule has 0 saturated carbocycles. The van der Waals surface area contributed by atoms with E-state index in [1.165, 1.54) is 97.1 Å². The van der Waals surface area contributed by atoms with Gasteiger partial charge in [-0.1, -0.05) is 47.4 Å². The van der Waals surface area contributed by atoms with Gasteiger partial charge < -0.3 is 9.76 Å². The Bertz CT molecular complexity index is 4960. The summed E-state index contributed by atoms with van der Waals surface area (Å²) in [5, 5.41) is 49.1. The Morgan fingerprint density at radius 2 is 0.545 bits per heavy atom. The van der Waals surface area contributed by atoms with Gasteiger partial charge in [-0.25, -0.2) is 8.42 Å². The third-order valence-electron chi connectivity index (χ3n) is 11.5. The van der Waals surface area contributed by atoms with Crippen molar-refractivity contribution in [3.05, 3.63) is 197 Å². The number of benzene rings is 8. The number of azo groups is 5. The summed E-state index contributed by atoms with van der Waals surface area (Å²) in [5.41, 5.74) is -0.352. The predicted molar refractivity (Wildman–Crippen MR) is 309 cm³/mol. The maximum absolute atomic E-state index is 13.4. The zero-order chi connectivity index (χ0) is 63.1. The zero-order valence-electron chi connectivity index (χ0n) is 44.3. The molecule has 88 heavy (non-hydrogen) atoms. The first-order valence-corrected chi connectivity index (χ1v) is 32.4. The summed E-state index contributed by atoms with van der Waals surface area (Å²) < 4.78 is 206. The normalized spacial score (nSPS) is 13.2. The fraction of sp³-hybridized carbons (Fsp3) is 0. The number of hydrogen-bond acceptors (Lipinski definition) is 23. The zero-order valence-corrected chi connectivity index (χ0v) is 51.2. The van der Waals surface area contributed by atoms with Crippen LogP contribution in [0, 0.1) is 5.21 Å². The Balaban J connectivity index is 0.0000110. The van der Waals surface area contributed by atoms with Crippen molar-refractivity contribution in [1.29, 1.82) is 0 Å². The molecule has 0 spiro atoms. The molecular weight excluding hydrogens is 1280 g/mol. The number of nitrogens with zero attached hydrogens (tertiary/aromatic N) is 10. The van der Waals surface area contributed by atoms with Gasteiger partial charge in [-0.15, -0.1) is 0 Å². The van der Waals surface area contributed by atoms with Crippen LogP contribution in [0.25, 0.3) is 24.3 Å². The molecule has 0 aliphatic carbocycles. The average Bonchev–Trinajstić information content (AvgIpc) is 2.31. The largest absolute Gasteiger partial charge is 1.00 e. The molecule has 0 aliphatic rings. The van der Waals surface area contributed by atoms with Gasteiger partial charge in [0.1, 0.15) is 35.4 Å². The van der Waals surface area contributed by atoms with E-state index in [1.54, 1.807) is 0 Å². The van der Waals surface area contributed by atoms with E-state index < -0.39 is 96.6 Å². The molecule has 0 amide bonds. The summed E-state index contributed by atoms with van der Waals surface area (Å²) in [6.07, 6.45) is 4.21. The Kier molecular flexibility index (Phi) is 20.8. The summed E-state index contributed by atoms with van der Waals surface area (Å²) in [6, 6.07) is 34.1. The van der Waals surface area contributed by atoms with Crippen LogP contribution >= 0.6 is 0 Å². The van der Waals surface area contributed by atoms with Gasteiger partial charge in [0.15, 0.2) is 0 Å². The molecule has 0 fully saturated rings. The van der Waals surface area contributed by atoms with Crippen molar-refractivity contribution < 1.29 is 112 Å². The minimum absolute atomic E-state index is 0. The van der Waals surface area contributed by atoms with E-state index in [2.05, 4.69) is 46.0 Å². The van der Waals surface area contributed by atoms with Gasteiger partial charge in [-0.3, -0.25) is 22.8 Å². The van der Waals surface area contributed by atoms with Crippen LogP contribution in [0.4, 0.5) is 56.9 Å². The van der Waals surface area contributed by atoms with Crippen LogP contribution in [0.15, 0.2) is 245 Å². The van der Waals surface area contributed by atoms with Gasteiger partial charge in [0.2, 0.25) is 5.69 Å². The third-order valence-corrected chi connectivity index (χ3v) is 16.9. The van der Waals surface area contributed by atoms with Crippen LogP contribution in [0.2, 0.25) is 0 Å². The summed E-state index contributed by atoms with van der Waals surface area (Å²) in [4.78, 5) is -4.08. The Hall–Kier alpha value is -8.50. The quantitative estimate of drug-likeness (QED) is 0.0118. The first-order chi connectivity index (χ1) is 40.8. The van der Waals surface area contributed by atoms with Crippen molar-refractivity contribution in [2.45, 2.75) is 29.4 Å². The molecule has 0 saturated heterocycles. The second-order valence-electron chi connectivity index (χ2n) is 17.6. The summed E-state index contributed by atoms with van der Waals surface area (Å²) >= 11 is 0. The SMILES string of the molecule is O=S(=O)([O-])c1ccc(N=Nc2ccc(N=Nc3ccc(/C=C/c4ccc([N+]([O-])=Nc5ccc(/C=C/c6ccc(N=Nc7ccc(N=Nc8ccc(S(=O)(=O)O)cc8)cc7)cc6S(=O)(=O)O)c(S(=O)(=O)O)c5)cc4S(=O)(=O)O)c(S(=O)(=O)O)c3)cc2)cc1.[Na+]. The summed E-state index contributed by atoms with van der Waals surface area (Å²) in [7, 11) is -29.3. The van der Waals surface area contributed by atoms with Crippen molar-refractivity contribution in [3.8, 4) is 0 Å². The molecule has 446 valence electrons. The summed E-state index contributed by atoms with van der Waals surface area (Å²) in [5.74, 6) is 0.